The Bertz CT molecular complexity index is 1280. The van der Waals surface area contributed by atoms with Gasteiger partial charge in [0.25, 0.3) is 5.56 Å². The monoisotopic (exact) mass is 478 g/mol. The molecule has 1 unspecified atom stereocenters. The molecule has 10 heteroatoms. The van der Waals surface area contributed by atoms with Gasteiger partial charge in [-0.1, -0.05) is 42.0 Å². The van der Waals surface area contributed by atoms with Crippen LogP contribution in [0.25, 0.3) is 5.78 Å². The number of aromatic nitrogens is 4. The number of fused-ring (bicyclic) bond motifs is 1. The van der Waals surface area contributed by atoms with Crippen molar-refractivity contribution in [2.24, 2.45) is 0 Å². The maximum Gasteiger partial charge on any atom is 0.416 e. The molecule has 1 aromatic carbocycles. The highest BCUT2D eigenvalue weighted by molar-refractivity contribution is 6.31. The summed E-state index contributed by atoms with van der Waals surface area (Å²) in [4.78, 5) is 20.2. The van der Waals surface area contributed by atoms with E-state index in [2.05, 4.69) is 27.2 Å². The summed E-state index contributed by atoms with van der Waals surface area (Å²) in [6.45, 7) is 0.240. The Balaban J connectivity index is 1.32. The van der Waals surface area contributed by atoms with Gasteiger partial charge in [0, 0.05) is 11.3 Å². The lowest BCUT2D eigenvalue weighted by Gasteiger charge is -2.18. The normalized spacial score (nSPS) is 19.8. The van der Waals surface area contributed by atoms with E-state index < -0.39 is 22.7 Å². The third kappa shape index (κ3) is 4.31. The fraction of sp³-hybridized carbons (Fsp3) is 0.435. The van der Waals surface area contributed by atoms with Gasteiger partial charge in [0.1, 0.15) is 5.02 Å². The largest absolute Gasteiger partial charge is 0.416 e. The van der Waals surface area contributed by atoms with Crippen LogP contribution in [-0.2, 0) is 22.9 Å². The van der Waals surface area contributed by atoms with Gasteiger partial charge >= 0.3 is 6.18 Å². The number of nitrogens with one attached hydrogen (secondary N) is 1. The molecule has 0 radical (unpaired) electrons. The fourth-order valence-electron chi connectivity index (χ4n) is 4.30. The molecule has 5 rings (SSSR count). The fourth-order valence-corrected chi connectivity index (χ4v) is 4.49. The zero-order chi connectivity index (χ0) is 23.2. The number of benzene rings is 1. The highest BCUT2D eigenvalue weighted by atomic mass is 35.5. The third-order valence-electron chi connectivity index (χ3n) is 6.45. The number of hydrogen-bond donors (Lipinski definition) is 1. The summed E-state index contributed by atoms with van der Waals surface area (Å²) in [6.07, 6.45) is 3.99. The van der Waals surface area contributed by atoms with Crippen LogP contribution in [0, 0.1) is 0 Å². The van der Waals surface area contributed by atoms with Crippen molar-refractivity contribution >= 4 is 17.4 Å². The van der Waals surface area contributed by atoms with Crippen molar-refractivity contribution in [3.8, 4) is 0 Å². The first-order valence-electron chi connectivity index (χ1n) is 10.8. The highest BCUT2D eigenvalue weighted by Gasteiger charge is 2.45. The van der Waals surface area contributed by atoms with Gasteiger partial charge in [0.15, 0.2) is 5.82 Å². The van der Waals surface area contributed by atoms with Crippen LogP contribution in [0.4, 0.5) is 13.2 Å². The minimum absolute atomic E-state index is 0.0135. The van der Waals surface area contributed by atoms with Gasteiger partial charge in [-0.05, 0) is 43.7 Å². The van der Waals surface area contributed by atoms with Crippen molar-refractivity contribution in [2.45, 2.75) is 56.2 Å². The maximum absolute atomic E-state index is 13.1. The van der Waals surface area contributed by atoms with E-state index in [0.29, 0.717) is 22.9 Å². The van der Waals surface area contributed by atoms with Crippen LogP contribution in [0.15, 0.2) is 41.2 Å². The summed E-state index contributed by atoms with van der Waals surface area (Å²) >= 11 is 6.27. The van der Waals surface area contributed by atoms with Crippen molar-refractivity contribution in [2.75, 3.05) is 6.61 Å². The average Bonchev–Trinajstić information content (AvgIpc) is 3.48. The zero-order valence-corrected chi connectivity index (χ0v) is 18.4. The van der Waals surface area contributed by atoms with E-state index in [-0.39, 0.29) is 24.2 Å². The van der Waals surface area contributed by atoms with Gasteiger partial charge in [0.2, 0.25) is 5.78 Å². The summed E-state index contributed by atoms with van der Waals surface area (Å²) in [5, 5.41) is 4.31. The van der Waals surface area contributed by atoms with Gasteiger partial charge < -0.3 is 9.72 Å². The Morgan fingerprint density at radius 2 is 2.09 bits per heavy atom. The van der Waals surface area contributed by atoms with Gasteiger partial charge in [-0.3, -0.25) is 4.79 Å². The van der Waals surface area contributed by atoms with E-state index in [1.165, 1.54) is 16.6 Å². The van der Waals surface area contributed by atoms with Crippen LogP contribution in [-0.4, -0.2) is 26.2 Å². The molecule has 6 nitrogen and oxygen atoms in total. The first kappa shape index (κ1) is 22.2. The molecule has 0 spiro atoms. The summed E-state index contributed by atoms with van der Waals surface area (Å²) < 4.78 is 46.3. The van der Waals surface area contributed by atoms with Crippen LogP contribution < -0.4 is 5.56 Å². The number of allylic oxidation sites excluding steroid dienone is 2. The maximum atomic E-state index is 13.1. The van der Waals surface area contributed by atoms with E-state index >= 15 is 0 Å². The van der Waals surface area contributed by atoms with Gasteiger partial charge in [0.05, 0.1) is 24.5 Å². The molecule has 174 valence electrons. The standard InChI is InChI=1S/C23H22ClF3N4O2/c24-18-17(28-21-29-19(30-31(21)20(18)32)14-5-2-1-3-6-14)12-33-13-22(9-10-22)15-7-4-8-16(11-15)23(25,26)27/h1-2,4,7-8,11,14H,3,5-6,9-10,12-13H2,(H,28,29,30). The Morgan fingerprint density at radius 1 is 1.27 bits per heavy atom. The number of nitrogens with zero attached hydrogens (tertiary/aromatic N) is 3. The predicted molar refractivity (Wildman–Crippen MR) is 116 cm³/mol. The Hall–Kier alpha value is -2.65. The first-order valence-corrected chi connectivity index (χ1v) is 11.2. The number of ether oxygens (including phenoxy) is 1. The Labute approximate surface area is 192 Å². The molecule has 1 atom stereocenters. The lowest BCUT2D eigenvalue weighted by molar-refractivity contribution is -0.137. The predicted octanol–water partition coefficient (Wildman–Crippen LogP) is 5.16. The van der Waals surface area contributed by atoms with Gasteiger partial charge in [-0.2, -0.15) is 22.7 Å². The Kier molecular flexibility index (Phi) is 5.56. The van der Waals surface area contributed by atoms with Gasteiger partial charge in [-0.25, -0.2) is 0 Å². The number of rotatable bonds is 6. The molecule has 0 amide bonds. The quantitative estimate of drug-likeness (QED) is 0.497. The van der Waals surface area contributed by atoms with E-state index in [1.54, 1.807) is 6.07 Å². The van der Waals surface area contributed by atoms with Crippen LogP contribution in [0.2, 0.25) is 5.02 Å². The van der Waals surface area contributed by atoms with E-state index in [4.69, 9.17) is 16.3 Å². The molecule has 3 aromatic rings. The first-order chi connectivity index (χ1) is 15.8. The third-order valence-corrected chi connectivity index (χ3v) is 6.84. The molecule has 2 heterocycles. The summed E-state index contributed by atoms with van der Waals surface area (Å²) in [6, 6.07) is 5.38. The molecule has 2 aliphatic rings. The summed E-state index contributed by atoms with van der Waals surface area (Å²) in [5.74, 6) is 1.05. The number of H-pyrrole nitrogens is 1. The smallest absolute Gasteiger partial charge is 0.374 e. The highest BCUT2D eigenvalue weighted by Crippen LogP contribution is 2.49. The molecule has 2 aromatic heterocycles. The molecule has 0 aliphatic heterocycles. The van der Waals surface area contributed by atoms with Crippen LogP contribution >= 0.6 is 11.6 Å². The molecule has 2 aliphatic carbocycles. The number of hydrogen-bond acceptors (Lipinski definition) is 4. The van der Waals surface area contributed by atoms with Crippen molar-refractivity contribution in [1.29, 1.82) is 0 Å². The van der Waals surface area contributed by atoms with Crippen molar-refractivity contribution in [3.05, 3.63) is 74.4 Å². The van der Waals surface area contributed by atoms with Crippen molar-refractivity contribution in [3.63, 3.8) is 0 Å². The minimum Gasteiger partial charge on any atom is -0.374 e. The van der Waals surface area contributed by atoms with Crippen molar-refractivity contribution < 1.29 is 17.9 Å². The SMILES string of the molecule is O=c1c(Cl)c(COCC2(c3cccc(C(F)(F)F)c3)CC2)[nH]c2nc(C3CC=CCC3)nn12. The topological polar surface area (TPSA) is 72.3 Å². The second kappa shape index (κ2) is 8.29. The number of alkyl halides is 3. The van der Waals surface area contributed by atoms with E-state index in [0.717, 1.165) is 38.2 Å². The van der Waals surface area contributed by atoms with Gasteiger partial charge in [-0.15, -0.1) is 5.10 Å². The Morgan fingerprint density at radius 3 is 2.79 bits per heavy atom. The molecular formula is C23H22ClF3N4O2. The second-order valence-corrected chi connectivity index (χ2v) is 9.14. The van der Waals surface area contributed by atoms with E-state index in [9.17, 15) is 18.0 Å². The molecule has 1 saturated carbocycles. The molecule has 0 bridgehead atoms. The summed E-state index contributed by atoms with van der Waals surface area (Å²) in [7, 11) is 0. The second-order valence-electron chi connectivity index (χ2n) is 8.76. The molecule has 1 N–H and O–H groups in total. The zero-order valence-electron chi connectivity index (χ0n) is 17.7. The van der Waals surface area contributed by atoms with E-state index in [1.807, 2.05) is 0 Å². The summed E-state index contributed by atoms with van der Waals surface area (Å²) in [5.41, 5.74) is -0.616. The van der Waals surface area contributed by atoms with Crippen LogP contribution in [0.5, 0.6) is 0 Å². The van der Waals surface area contributed by atoms with Crippen molar-refractivity contribution in [1.82, 2.24) is 19.6 Å². The molecule has 33 heavy (non-hydrogen) atoms. The minimum atomic E-state index is -4.39. The number of halogens is 4. The number of aromatic amines is 1. The molecule has 1 fully saturated rings. The van der Waals surface area contributed by atoms with Crippen LogP contribution in [0.3, 0.4) is 0 Å². The average molecular weight is 479 g/mol. The lowest BCUT2D eigenvalue weighted by Crippen LogP contribution is -2.20. The molecular weight excluding hydrogens is 457 g/mol. The molecule has 0 saturated heterocycles. The van der Waals surface area contributed by atoms with Crippen LogP contribution in [0.1, 0.15) is 60.7 Å². The lowest BCUT2D eigenvalue weighted by atomic mass is 9.94.